The maximum Gasteiger partial charge on any atom is 0.303 e. The summed E-state index contributed by atoms with van der Waals surface area (Å²) >= 11 is 0. The summed E-state index contributed by atoms with van der Waals surface area (Å²) in [6, 6.07) is 9.81. The molecule has 4 heteroatoms. The minimum absolute atomic E-state index is 0.135. The second-order valence-corrected chi connectivity index (χ2v) is 5.86. The Balaban J connectivity index is 1.94. The van der Waals surface area contributed by atoms with Crippen LogP contribution < -0.4 is 0 Å². The highest BCUT2D eigenvalue weighted by atomic mass is 16.4. The van der Waals surface area contributed by atoms with Crippen LogP contribution in [0.1, 0.15) is 44.1 Å². The van der Waals surface area contributed by atoms with Gasteiger partial charge in [0.1, 0.15) is 0 Å². The number of carbonyl (C=O) groups excluding carboxylic acids is 1. The molecule has 4 nitrogen and oxygen atoms in total. The van der Waals surface area contributed by atoms with Gasteiger partial charge in [0.25, 0.3) is 0 Å². The number of likely N-dealkylation sites (tertiary alicyclic amines) is 1. The van der Waals surface area contributed by atoms with E-state index in [4.69, 9.17) is 5.11 Å². The van der Waals surface area contributed by atoms with Crippen molar-refractivity contribution >= 4 is 11.9 Å². The summed E-state index contributed by atoms with van der Waals surface area (Å²) in [4.78, 5) is 25.2. The number of carboxylic acids is 1. The molecule has 1 amide bonds. The van der Waals surface area contributed by atoms with Crippen LogP contribution in [0.25, 0.3) is 0 Å². The molecule has 0 spiro atoms. The average Bonchev–Trinajstić information content (AvgIpc) is 2.52. The van der Waals surface area contributed by atoms with Gasteiger partial charge in [-0.15, -0.1) is 0 Å². The highest BCUT2D eigenvalue weighted by Gasteiger charge is 2.27. The molecule has 0 saturated carbocycles. The predicted molar refractivity (Wildman–Crippen MR) is 81.0 cm³/mol. The largest absolute Gasteiger partial charge is 0.481 e. The Kier molecular flexibility index (Phi) is 5.37. The van der Waals surface area contributed by atoms with Gasteiger partial charge in [-0.3, -0.25) is 9.59 Å². The zero-order valence-electron chi connectivity index (χ0n) is 12.5. The molecule has 1 heterocycles. The van der Waals surface area contributed by atoms with Crippen molar-refractivity contribution in [2.75, 3.05) is 13.1 Å². The zero-order chi connectivity index (χ0) is 15.2. The van der Waals surface area contributed by atoms with Gasteiger partial charge in [0.2, 0.25) is 5.91 Å². The van der Waals surface area contributed by atoms with E-state index >= 15 is 0 Å². The molecule has 114 valence electrons. The van der Waals surface area contributed by atoms with Crippen molar-refractivity contribution in [3.05, 3.63) is 35.9 Å². The summed E-state index contributed by atoms with van der Waals surface area (Å²) in [5.41, 5.74) is 1.04. The number of aliphatic carboxylic acids is 1. The van der Waals surface area contributed by atoms with Crippen LogP contribution in [0.5, 0.6) is 0 Å². The van der Waals surface area contributed by atoms with Gasteiger partial charge in [-0.25, -0.2) is 0 Å². The monoisotopic (exact) mass is 289 g/mol. The molecule has 2 rings (SSSR count). The number of hydrogen-bond acceptors (Lipinski definition) is 2. The minimum atomic E-state index is -0.754. The molecule has 1 N–H and O–H groups in total. The Morgan fingerprint density at radius 3 is 2.71 bits per heavy atom. The van der Waals surface area contributed by atoms with Crippen molar-refractivity contribution < 1.29 is 14.7 Å². The fourth-order valence-corrected chi connectivity index (χ4v) is 2.99. The minimum Gasteiger partial charge on any atom is -0.481 e. The third-order valence-electron chi connectivity index (χ3n) is 4.27. The van der Waals surface area contributed by atoms with Crippen LogP contribution in [0.4, 0.5) is 0 Å². The van der Waals surface area contributed by atoms with Crippen molar-refractivity contribution in [2.24, 2.45) is 5.92 Å². The number of carbonyl (C=O) groups is 2. The number of benzene rings is 1. The molecule has 1 aromatic rings. The van der Waals surface area contributed by atoms with Gasteiger partial charge in [-0.05, 0) is 37.7 Å². The Bertz CT molecular complexity index is 486. The second kappa shape index (κ2) is 7.25. The average molecular weight is 289 g/mol. The Labute approximate surface area is 125 Å². The Morgan fingerprint density at radius 2 is 2.05 bits per heavy atom. The van der Waals surface area contributed by atoms with Gasteiger partial charge in [0, 0.05) is 19.5 Å². The molecule has 0 radical (unpaired) electrons. The molecule has 21 heavy (non-hydrogen) atoms. The number of carboxylic acid groups (broad SMARTS) is 1. The van der Waals surface area contributed by atoms with Crippen molar-refractivity contribution in [3.8, 4) is 0 Å². The van der Waals surface area contributed by atoms with E-state index in [1.54, 1.807) is 0 Å². The first-order chi connectivity index (χ1) is 10.1. The fraction of sp³-hybridized carbons (Fsp3) is 0.529. The lowest BCUT2D eigenvalue weighted by Crippen LogP contribution is -2.42. The Hall–Kier alpha value is -1.84. The quantitative estimate of drug-likeness (QED) is 0.906. The van der Waals surface area contributed by atoms with Gasteiger partial charge in [0.05, 0.1) is 5.92 Å². The zero-order valence-corrected chi connectivity index (χ0v) is 12.5. The van der Waals surface area contributed by atoms with E-state index in [-0.39, 0.29) is 18.2 Å². The molecule has 2 unspecified atom stereocenters. The smallest absolute Gasteiger partial charge is 0.303 e. The molecule has 1 aliphatic rings. The van der Waals surface area contributed by atoms with E-state index < -0.39 is 5.97 Å². The van der Waals surface area contributed by atoms with E-state index in [1.165, 1.54) is 0 Å². The van der Waals surface area contributed by atoms with Crippen LogP contribution in [-0.2, 0) is 9.59 Å². The molecule has 1 aromatic carbocycles. The topological polar surface area (TPSA) is 57.6 Å². The highest BCUT2D eigenvalue weighted by Crippen LogP contribution is 2.25. The molecule has 1 fully saturated rings. The van der Waals surface area contributed by atoms with Crippen molar-refractivity contribution in [1.29, 1.82) is 0 Å². The summed E-state index contributed by atoms with van der Waals surface area (Å²) in [6.07, 6.45) is 2.86. The van der Waals surface area contributed by atoms with Gasteiger partial charge in [-0.1, -0.05) is 30.3 Å². The normalized spacial score (nSPS) is 20.0. The number of piperidine rings is 1. The van der Waals surface area contributed by atoms with Crippen LogP contribution in [0.15, 0.2) is 30.3 Å². The maximum atomic E-state index is 12.6. The first kappa shape index (κ1) is 15.5. The van der Waals surface area contributed by atoms with E-state index in [0.717, 1.165) is 24.9 Å². The molecular formula is C17H23NO3. The van der Waals surface area contributed by atoms with Gasteiger partial charge in [-0.2, -0.15) is 0 Å². The number of nitrogens with zero attached hydrogens (tertiary/aromatic N) is 1. The van der Waals surface area contributed by atoms with E-state index in [1.807, 2.05) is 42.2 Å². The highest BCUT2D eigenvalue weighted by molar-refractivity contribution is 5.83. The summed E-state index contributed by atoms with van der Waals surface area (Å²) in [6.45, 7) is 3.43. The van der Waals surface area contributed by atoms with Crippen LogP contribution in [-0.4, -0.2) is 35.0 Å². The first-order valence-electron chi connectivity index (χ1n) is 7.63. The molecule has 1 saturated heterocycles. The third-order valence-corrected chi connectivity index (χ3v) is 4.27. The Morgan fingerprint density at radius 1 is 1.33 bits per heavy atom. The second-order valence-electron chi connectivity index (χ2n) is 5.86. The van der Waals surface area contributed by atoms with Gasteiger partial charge < -0.3 is 10.0 Å². The van der Waals surface area contributed by atoms with E-state index in [0.29, 0.717) is 18.9 Å². The SMILES string of the molecule is CC(C(=O)N1CCCC(CCC(=O)O)C1)c1ccccc1. The molecule has 0 bridgehead atoms. The van der Waals surface area contributed by atoms with Crippen LogP contribution in [0.3, 0.4) is 0 Å². The summed E-state index contributed by atoms with van der Waals surface area (Å²) < 4.78 is 0. The first-order valence-corrected chi connectivity index (χ1v) is 7.63. The molecule has 2 atom stereocenters. The standard InChI is InChI=1S/C17H23NO3/c1-13(15-7-3-2-4-8-15)17(21)18-11-5-6-14(12-18)9-10-16(19)20/h2-4,7-8,13-14H,5-6,9-12H2,1H3,(H,19,20). The number of amides is 1. The lowest BCUT2D eigenvalue weighted by molar-refractivity contribution is -0.137. The van der Waals surface area contributed by atoms with Gasteiger partial charge >= 0.3 is 5.97 Å². The van der Waals surface area contributed by atoms with Crippen molar-refractivity contribution in [1.82, 2.24) is 4.90 Å². The van der Waals surface area contributed by atoms with E-state index in [2.05, 4.69) is 0 Å². The maximum absolute atomic E-state index is 12.6. The lowest BCUT2D eigenvalue weighted by atomic mass is 9.91. The van der Waals surface area contributed by atoms with Gasteiger partial charge in [0.15, 0.2) is 0 Å². The number of rotatable bonds is 5. The third kappa shape index (κ3) is 4.31. The summed E-state index contributed by atoms with van der Waals surface area (Å²) in [5, 5.41) is 8.78. The van der Waals surface area contributed by atoms with Crippen LogP contribution in [0.2, 0.25) is 0 Å². The summed E-state index contributed by atoms with van der Waals surface area (Å²) in [7, 11) is 0. The fourth-order valence-electron chi connectivity index (χ4n) is 2.99. The van der Waals surface area contributed by atoms with Crippen LogP contribution >= 0.6 is 0 Å². The lowest BCUT2D eigenvalue weighted by Gasteiger charge is -2.34. The van der Waals surface area contributed by atoms with Crippen LogP contribution in [0, 0.1) is 5.92 Å². The molecule has 1 aliphatic heterocycles. The predicted octanol–water partition coefficient (Wildman–Crippen LogP) is 2.89. The van der Waals surface area contributed by atoms with E-state index in [9.17, 15) is 9.59 Å². The molecular weight excluding hydrogens is 266 g/mol. The molecule has 0 aliphatic carbocycles. The number of hydrogen-bond donors (Lipinski definition) is 1. The summed E-state index contributed by atoms with van der Waals surface area (Å²) in [5.74, 6) is -0.413. The van der Waals surface area contributed by atoms with Crippen molar-refractivity contribution in [3.63, 3.8) is 0 Å². The van der Waals surface area contributed by atoms with Crippen molar-refractivity contribution in [2.45, 2.75) is 38.5 Å². The molecule has 0 aromatic heterocycles.